The minimum absolute atomic E-state index is 0.147. The van der Waals surface area contributed by atoms with Gasteiger partial charge >= 0.3 is 0 Å². The van der Waals surface area contributed by atoms with Gasteiger partial charge in [0.2, 0.25) is 11.1 Å². The van der Waals surface area contributed by atoms with Crippen LogP contribution in [0.4, 0.5) is 5.82 Å². The standard InChI is InChI=1S/C18H21ClN6O2S/c1-11(2)25-16(6-7-20-25)22-17(26)10-28-18-21-15(23-24-18)9-27-13-4-5-14(19)12(3)8-13/h4-8,11H,9-10H2,1-3H3,(H,22,26)(H,21,23,24). The predicted octanol–water partition coefficient (Wildman–Crippen LogP) is 3.85. The number of rotatable bonds is 8. The van der Waals surface area contributed by atoms with Crippen molar-refractivity contribution in [3.63, 3.8) is 0 Å². The molecule has 2 aromatic heterocycles. The van der Waals surface area contributed by atoms with Crippen LogP contribution in [-0.4, -0.2) is 36.6 Å². The first-order valence-corrected chi connectivity index (χ1v) is 10.0. The van der Waals surface area contributed by atoms with Crippen LogP contribution in [0.25, 0.3) is 0 Å². The van der Waals surface area contributed by atoms with Crippen molar-refractivity contribution < 1.29 is 9.53 Å². The molecular weight excluding hydrogens is 400 g/mol. The third kappa shape index (κ3) is 5.26. The number of anilines is 1. The number of hydrogen-bond acceptors (Lipinski definition) is 6. The van der Waals surface area contributed by atoms with E-state index in [0.29, 0.717) is 27.6 Å². The Kier molecular flexibility index (Phi) is 6.58. The first kappa shape index (κ1) is 20.2. The molecule has 0 unspecified atom stereocenters. The van der Waals surface area contributed by atoms with E-state index in [2.05, 4.69) is 25.6 Å². The number of aromatic amines is 1. The van der Waals surface area contributed by atoms with Crippen LogP contribution >= 0.6 is 23.4 Å². The Morgan fingerprint density at radius 2 is 2.21 bits per heavy atom. The number of aryl methyl sites for hydroxylation is 1. The van der Waals surface area contributed by atoms with Gasteiger partial charge in [-0.05, 0) is 44.5 Å². The highest BCUT2D eigenvalue weighted by molar-refractivity contribution is 7.99. The SMILES string of the molecule is Cc1cc(OCc2nc(SCC(=O)Nc3ccnn3C(C)C)n[nH]2)ccc1Cl. The number of halogens is 1. The summed E-state index contributed by atoms with van der Waals surface area (Å²) in [5, 5.41) is 15.1. The van der Waals surface area contributed by atoms with E-state index < -0.39 is 0 Å². The highest BCUT2D eigenvalue weighted by Gasteiger charge is 2.12. The van der Waals surface area contributed by atoms with Crippen molar-refractivity contribution in [2.24, 2.45) is 0 Å². The second-order valence-corrected chi connectivity index (χ2v) is 7.71. The third-order valence-electron chi connectivity index (χ3n) is 3.78. The summed E-state index contributed by atoms with van der Waals surface area (Å²) in [6.45, 7) is 6.16. The molecule has 0 saturated carbocycles. The molecule has 0 bridgehead atoms. The Morgan fingerprint density at radius 1 is 1.39 bits per heavy atom. The number of hydrogen-bond donors (Lipinski definition) is 2. The summed E-state index contributed by atoms with van der Waals surface area (Å²) in [6.07, 6.45) is 1.66. The fraction of sp³-hybridized carbons (Fsp3) is 0.333. The van der Waals surface area contributed by atoms with Gasteiger partial charge in [0.25, 0.3) is 0 Å². The summed E-state index contributed by atoms with van der Waals surface area (Å²) >= 11 is 7.25. The van der Waals surface area contributed by atoms with Crippen LogP contribution in [0.2, 0.25) is 5.02 Å². The molecule has 2 N–H and O–H groups in total. The quantitative estimate of drug-likeness (QED) is 0.537. The zero-order valence-electron chi connectivity index (χ0n) is 15.8. The number of H-pyrrole nitrogens is 1. The van der Waals surface area contributed by atoms with E-state index in [0.717, 1.165) is 5.56 Å². The molecule has 0 aliphatic carbocycles. The molecule has 0 aliphatic rings. The molecule has 3 rings (SSSR count). The molecule has 0 spiro atoms. The van der Waals surface area contributed by atoms with E-state index in [1.165, 1.54) is 11.8 Å². The smallest absolute Gasteiger partial charge is 0.235 e. The Balaban J connectivity index is 1.48. The lowest BCUT2D eigenvalue weighted by Crippen LogP contribution is -2.18. The Labute approximate surface area is 172 Å². The summed E-state index contributed by atoms with van der Waals surface area (Å²) in [5.74, 6) is 1.99. The number of aromatic nitrogens is 5. The first-order valence-electron chi connectivity index (χ1n) is 8.68. The van der Waals surface area contributed by atoms with Crippen molar-refractivity contribution in [2.75, 3.05) is 11.1 Å². The van der Waals surface area contributed by atoms with E-state index in [9.17, 15) is 4.79 Å². The fourth-order valence-corrected chi connectivity index (χ4v) is 3.13. The summed E-state index contributed by atoms with van der Waals surface area (Å²) in [6, 6.07) is 7.38. The number of amides is 1. The van der Waals surface area contributed by atoms with Gasteiger partial charge in [-0.1, -0.05) is 23.4 Å². The average Bonchev–Trinajstić information content (AvgIpc) is 3.30. The molecule has 0 radical (unpaired) electrons. The van der Waals surface area contributed by atoms with Crippen molar-refractivity contribution in [1.29, 1.82) is 0 Å². The average molecular weight is 421 g/mol. The van der Waals surface area contributed by atoms with Gasteiger partial charge in [0.1, 0.15) is 18.2 Å². The molecule has 148 valence electrons. The minimum Gasteiger partial charge on any atom is -0.486 e. The fourth-order valence-electron chi connectivity index (χ4n) is 2.40. The minimum atomic E-state index is -0.147. The Bertz CT molecular complexity index is 955. The maximum atomic E-state index is 12.2. The van der Waals surface area contributed by atoms with Crippen molar-refractivity contribution in [1.82, 2.24) is 25.0 Å². The summed E-state index contributed by atoms with van der Waals surface area (Å²) < 4.78 is 7.44. The molecule has 0 saturated heterocycles. The molecule has 0 fully saturated rings. The molecule has 3 aromatic rings. The maximum Gasteiger partial charge on any atom is 0.235 e. The second kappa shape index (κ2) is 9.11. The monoisotopic (exact) mass is 420 g/mol. The zero-order valence-corrected chi connectivity index (χ0v) is 17.3. The van der Waals surface area contributed by atoms with Crippen LogP contribution in [0, 0.1) is 6.92 Å². The van der Waals surface area contributed by atoms with Crippen LogP contribution in [0.5, 0.6) is 5.75 Å². The molecule has 28 heavy (non-hydrogen) atoms. The molecular formula is C18H21ClN6O2S. The highest BCUT2D eigenvalue weighted by atomic mass is 35.5. The number of ether oxygens (including phenoxy) is 1. The Morgan fingerprint density at radius 3 is 2.96 bits per heavy atom. The van der Waals surface area contributed by atoms with Crippen LogP contribution in [0.1, 0.15) is 31.3 Å². The number of benzene rings is 1. The highest BCUT2D eigenvalue weighted by Crippen LogP contribution is 2.22. The number of nitrogens with one attached hydrogen (secondary N) is 2. The van der Waals surface area contributed by atoms with Crippen LogP contribution < -0.4 is 10.1 Å². The number of thioether (sulfide) groups is 1. The van der Waals surface area contributed by atoms with Crippen molar-refractivity contribution in [3.05, 3.63) is 46.9 Å². The van der Waals surface area contributed by atoms with Crippen LogP contribution in [0.15, 0.2) is 35.6 Å². The summed E-state index contributed by atoms with van der Waals surface area (Å²) in [5.41, 5.74) is 0.942. The molecule has 1 aromatic carbocycles. The number of carbonyl (C=O) groups excluding carboxylic acids is 1. The van der Waals surface area contributed by atoms with Gasteiger partial charge in [0, 0.05) is 17.1 Å². The second-order valence-electron chi connectivity index (χ2n) is 6.36. The van der Waals surface area contributed by atoms with E-state index in [1.54, 1.807) is 29.1 Å². The van der Waals surface area contributed by atoms with Crippen LogP contribution in [0.3, 0.4) is 0 Å². The summed E-state index contributed by atoms with van der Waals surface area (Å²) in [4.78, 5) is 16.5. The zero-order chi connectivity index (χ0) is 20.1. The third-order valence-corrected chi connectivity index (χ3v) is 5.05. The van der Waals surface area contributed by atoms with Gasteiger partial charge in [-0.25, -0.2) is 9.67 Å². The normalized spacial score (nSPS) is 11.0. The molecule has 1 amide bonds. The van der Waals surface area contributed by atoms with Crippen molar-refractivity contribution in [2.45, 2.75) is 38.6 Å². The van der Waals surface area contributed by atoms with Crippen molar-refractivity contribution in [3.8, 4) is 5.75 Å². The van der Waals surface area contributed by atoms with E-state index in [-0.39, 0.29) is 24.3 Å². The van der Waals surface area contributed by atoms with E-state index >= 15 is 0 Å². The number of nitrogens with zero attached hydrogens (tertiary/aromatic N) is 4. The lowest BCUT2D eigenvalue weighted by Gasteiger charge is -2.11. The molecule has 0 aliphatic heterocycles. The molecule has 0 atom stereocenters. The van der Waals surface area contributed by atoms with Crippen LogP contribution in [-0.2, 0) is 11.4 Å². The lowest BCUT2D eigenvalue weighted by atomic mass is 10.2. The lowest BCUT2D eigenvalue weighted by molar-refractivity contribution is -0.113. The maximum absolute atomic E-state index is 12.2. The molecule has 8 nitrogen and oxygen atoms in total. The van der Waals surface area contributed by atoms with Gasteiger partial charge in [-0.3, -0.25) is 9.89 Å². The van der Waals surface area contributed by atoms with Gasteiger partial charge in [-0.15, -0.1) is 5.10 Å². The van der Waals surface area contributed by atoms with E-state index in [1.807, 2.05) is 26.8 Å². The first-order chi connectivity index (χ1) is 13.4. The van der Waals surface area contributed by atoms with Gasteiger partial charge in [0.15, 0.2) is 5.82 Å². The van der Waals surface area contributed by atoms with E-state index in [4.69, 9.17) is 16.3 Å². The molecule has 2 heterocycles. The topological polar surface area (TPSA) is 97.7 Å². The van der Waals surface area contributed by atoms with Gasteiger partial charge in [-0.2, -0.15) is 5.10 Å². The summed E-state index contributed by atoms with van der Waals surface area (Å²) in [7, 11) is 0. The number of carbonyl (C=O) groups is 1. The van der Waals surface area contributed by atoms with Crippen molar-refractivity contribution >= 4 is 35.1 Å². The van der Waals surface area contributed by atoms with Gasteiger partial charge < -0.3 is 10.1 Å². The predicted molar refractivity (Wildman–Crippen MR) is 109 cm³/mol. The van der Waals surface area contributed by atoms with Gasteiger partial charge in [0.05, 0.1) is 11.9 Å². The largest absolute Gasteiger partial charge is 0.486 e. The molecule has 10 heteroatoms. The Hall–Kier alpha value is -2.52.